The van der Waals surface area contributed by atoms with Gasteiger partial charge in [0.25, 0.3) is 0 Å². The van der Waals surface area contributed by atoms with Crippen LogP contribution < -0.4 is 5.73 Å². The maximum absolute atomic E-state index is 12.3. The fraction of sp³-hybridized carbons (Fsp3) is 0.393. The third-order valence-corrected chi connectivity index (χ3v) is 7.77. The Hall–Kier alpha value is -3.41. The Balaban J connectivity index is 1.57. The number of nitrogens with zero attached hydrogens (tertiary/aromatic N) is 2. The second kappa shape index (κ2) is 8.42. The lowest BCUT2D eigenvalue weighted by atomic mass is 9.80. The van der Waals surface area contributed by atoms with Gasteiger partial charge in [-0.05, 0) is 87.5 Å². The van der Waals surface area contributed by atoms with Crippen LogP contribution in [0.15, 0.2) is 48.4 Å². The molecule has 0 atom stereocenters. The summed E-state index contributed by atoms with van der Waals surface area (Å²) < 4.78 is 2.27. The number of fused-ring (bicyclic) bond motifs is 1. The number of hydrogen-bond acceptors (Lipinski definition) is 4. The lowest BCUT2D eigenvalue weighted by Gasteiger charge is -2.28. The SMILES string of the molecule is CC(=O)C(=C(C)N)c1cnc2c(-c3ccc(C(=O)O)cc3)cn(CC3CCC4(CC3)CC4)c2c1. The molecule has 0 aliphatic heterocycles. The molecule has 0 amide bonds. The molecule has 0 unspecified atom stereocenters. The molecule has 1 aromatic carbocycles. The van der Waals surface area contributed by atoms with Gasteiger partial charge in [0.2, 0.25) is 0 Å². The van der Waals surface area contributed by atoms with Gasteiger partial charge in [0, 0.05) is 41.3 Å². The lowest BCUT2D eigenvalue weighted by Crippen LogP contribution is -2.19. The largest absolute Gasteiger partial charge is 0.478 e. The number of benzene rings is 1. The lowest BCUT2D eigenvalue weighted by molar-refractivity contribution is -0.111. The Morgan fingerprint density at radius 2 is 1.76 bits per heavy atom. The van der Waals surface area contributed by atoms with Crippen LogP contribution in [-0.4, -0.2) is 26.4 Å². The van der Waals surface area contributed by atoms with Crippen LogP contribution in [0.1, 0.15) is 68.3 Å². The minimum absolute atomic E-state index is 0.0780. The average molecular weight is 458 g/mol. The number of nitrogens with two attached hydrogens (primary N) is 1. The Morgan fingerprint density at radius 3 is 2.32 bits per heavy atom. The Bertz CT molecular complexity index is 1300. The van der Waals surface area contributed by atoms with E-state index in [9.17, 15) is 14.7 Å². The first-order valence-electron chi connectivity index (χ1n) is 12.1. The van der Waals surface area contributed by atoms with Crippen molar-refractivity contribution in [2.24, 2.45) is 17.1 Å². The summed E-state index contributed by atoms with van der Waals surface area (Å²) in [5.41, 5.74) is 12.4. The number of carbonyl (C=O) groups is 2. The van der Waals surface area contributed by atoms with Crippen molar-refractivity contribution in [1.82, 2.24) is 9.55 Å². The topological polar surface area (TPSA) is 98.2 Å². The van der Waals surface area contributed by atoms with Crippen molar-refractivity contribution in [3.63, 3.8) is 0 Å². The molecule has 3 N–H and O–H groups in total. The predicted octanol–water partition coefficient (Wildman–Crippen LogP) is 5.65. The van der Waals surface area contributed by atoms with E-state index in [2.05, 4.69) is 10.8 Å². The van der Waals surface area contributed by atoms with Crippen LogP contribution in [0.5, 0.6) is 0 Å². The van der Waals surface area contributed by atoms with Gasteiger partial charge >= 0.3 is 5.97 Å². The molecule has 176 valence electrons. The number of Topliss-reactive ketones (excluding diaryl/α,β-unsaturated/α-hetero) is 1. The molecular weight excluding hydrogens is 426 g/mol. The minimum Gasteiger partial charge on any atom is -0.478 e. The number of carboxylic acids is 1. The number of hydrogen-bond donors (Lipinski definition) is 2. The van der Waals surface area contributed by atoms with Gasteiger partial charge in [0.1, 0.15) is 0 Å². The molecule has 2 heterocycles. The Kier molecular flexibility index (Phi) is 5.54. The van der Waals surface area contributed by atoms with E-state index in [0.29, 0.717) is 22.6 Å². The first kappa shape index (κ1) is 22.4. The zero-order chi connectivity index (χ0) is 24.0. The van der Waals surface area contributed by atoms with Crippen LogP contribution in [0.25, 0.3) is 27.7 Å². The zero-order valence-electron chi connectivity index (χ0n) is 19.8. The van der Waals surface area contributed by atoms with Crippen molar-refractivity contribution >= 4 is 28.4 Å². The molecule has 2 aliphatic rings. The summed E-state index contributed by atoms with van der Waals surface area (Å²) in [7, 11) is 0. The van der Waals surface area contributed by atoms with E-state index in [1.54, 1.807) is 25.3 Å². The van der Waals surface area contributed by atoms with Crippen molar-refractivity contribution in [1.29, 1.82) is 0 Å². The summed E-state index contributed by atoms with van der Waals surface area (Å²) in [4.78, 5) is 28.3. The molecule has 6 nitrogen and oxygen atoms in total. The van der Waals surface area contributed by atoms with Crippen LogP contribution >= 0.6 is 0 Å². The van der Waals surface area contributed by atoms with Crippen molar-refractivity contribution in [2.75, 3.05) is 0 Å². The van der Waals surface area contributed by atoms with Gasteiger partial charge < -0.3 is 15.4 Å². The molecule has 2 fully saturated rings. The highest BCUT2D eigenvalue weighted by atomic mass is 16.4. The van der Waals surface area contributed by atoms with E-state index >= 15 is 0 Å². The Labute approximate surface area is 199 Å². The standard InChI is InChI=1S/C28H31N3O3/c1-17(29)25(18(2)32)22-13-24-26(30-14-22)23(20-3-5-21(6-4-20)27(33)34)16-31(24)15-19-7-9-28(10-8-19)11-12-28/h3-6,13-14,16,19H,7-12,15,29H2,1-2H3,(H,33,34). The van der Waals surface area contributed by atoms with Crippen LogP contribution in [0, 0.1) is 11.3 Å². The average Bonchev–Trinajstić information content (AvgIpc) is 3.47. The van der Waals surface area contributed by atoms with E-state index in [-0.39, 0.29) is 11.3 Å². The van der Waals surface area contributed by atoms with E-state index in [1.807, 2.05) is 18.2 Å². The fourth-order valence-electron chi connectivity index (χ4n) is 5.59. The summed E-state index contributed by atoms with van der Waals surface area (Å²) in [5, 5.41) is 9.26. The zero-order valence-corrected chi connectivity index (χ0v) is 19.8. The van der Waals surface area contributed by atoms with E-state index in [0.717, 1.165) is 34.3 Å². The number of rotatable bonds is 6. The van der Waals surface area contributed by atoms with Gasteiger partial charge in [-0.1, -0.05) is 12.1 Å². The maximum atomic E-state index is 12.3. The molecular formula is C28H31N3O3. The third kappa shape index (κ3) is 4.13. The van der Waals surface area contributed by atoms with Gasteiger partial charge in [-0.25, -0.2) is 4.79 Å². The van der Waals surface area contributed by atoms with Crippen LogP contribution in [0.4, 0.5) is 0 Å². The van der Waals surface area contributed by atoms with Crippen LogP contribution in [-0.2, 0) is 11.3 Å². The number of ketones is 1. The molecule has 5 rings (SSSR count). The second-order valence-electron chi connectivity index (χ2n) is 10.2. The van der Waals surface area contributed by atoms with Crippen LogP contribution in [0.3, 0.4) is 0 Å². The van der Waals surface area contributed by atoms with E-state index in [1.165, 1.54) is 45.4 Å². The molecule has 0 saturated heterocycles. The van der Waals surface area contributed by atoms with Crippen molar-refractivity contribution in [2.45, 2.75) is 58.9 Å². The highest BCUT2D eigenvalue weighted by molar-refractivity contribution is 6.20. The quantitative estimate of drug-likeness (QED) is 0.466. The first-order valence-corrected chi connectivity index (χ1v) is 12.1. The van der Waals surface area contributed by atoms with Crippen molar-refractivity contribution < 1.29 is 14.7 Å². The number of allylic oxidation sites excluding steroid dienone is 2. The fourth-order valence-corrected chi connectivity index (χ4v) is 5.59. The number of pyridine rings is 1. The van der Waals surface area contributed by atoms with Crippen molar-refractivity contribution in [3.8, 4) is 11.1 Å². The van der Waals surface area contributed by atoms with E-state index < -0.39 is 5.97 Å². The molecule has 0 radical (unpaired) electrons. The molecule has 1 spiro atoms. The molecule has 2 aliphatic carbocycles. The second-order valence-corrected chi connectivity index (χ2v) is 10.2. The molecule has 2 aromatic heterocycles. The monoisotopic (exact) mass is 457 g/mol. The number of carbonyl (C=O) groups excluding carboxylic acids is 1. The molecule has 0 bridgehead atoms. The molecule has 34 heavy (non-hydrogen) atoms. The van der Waals surface area contributed by atoms with Gasteiger partial charge in [-0.15, -0.1) is 0 Å². The predicted molar refractivity (Wildman–Crippen MR) is 133 cm³/mol. The normalized spacial score (nSPS) is 18.2. The van der Waals surface area contributed by atoms with Gasteiger partial charge in [0.05, 0.1) is 16.6 Å². The minimum atomic E-state index is -0.941. The first-order chi connectivity index (χ1) is 16.3. The van der Waals surface area contributed by atoms with Crippen molar-refractivity contribution in [3.05, 3.63) is 59.5 Å². The molecule has 3 aromatic rings. The van der Waals surface area contributed by atoms with E-state index in [4.69, 9.17) is 10.7 Å². The smallest absolute Gasteiger partial charge is 0.335 e. The Morgan fingerprint density at radius 1 is 1.09 bits per heavy atom. The molecule has 2 saturated carbocycles. The molecule has 6 heteroatoms. The maximum Gasteiger partial charge on any atom is 0.335 e. The summed E-state index contributed by atoms with van der Waals surface area (Å²) in [6, 6.07) is 8.94. The van der Waals surface area contributed by atoms with Gasteiger partial charge in [-0.2, -0.15) is 0 Å². The summed E-state index contributed by atoms with van der Waals surface area (Å²) in [6.45, 7) is 4.18. The highest BCUT2D eigenvalue weighted by Crippen LogP contribution is 2.57. The number of aromatic nitrogens is 2. The summed E-state index contributed by atoms with van der Waals surface area (Å²) in [6.07, 6.45) is 11.8. The summed E-state index contributed by atoms with van der Waals surface area (Å²) >= 11 is 0. The third-order valence-electron chi connectivity index (χ3n) is 7.77. The number of carboxylic acid groups (broad SMARTS) is 1. The van der Waals surface area contributed by atoms with Crippen LogP contribution in [0.2, 0.25) is 0 Å². The van der Waals surface area contributed by atoms with Gasteiger partial charge in [0.15, 0.2) is 5.78 Å². The highest BCUT2D eigenvalue weighted by Gasteiger charge is 2.44. The van der Waals surface area contributed by atoms with Gasteiger partial charge in [-0.3, -0.25) is 9.78 Å². The summed E-state index contributed by atoms with van der Waals surface area (Å²) in [5.74, 6) is -0.402. The number of aromatic carboxylic acids is 1.